The molecule has 1 heterocycles. The topological polar surface area (TPSA) is 53.1 Å². The number of hydrogen-bond acceptors (Lipinski definition) is 3. The van der Waals surface area contributed by atoms with Gasteiger partial charge in [-0.3, -0.25) is 0 Å². The van der Waals surface area contributed by atoms with Gasteiger partial charge in [-0.25, -0.2) is 4.98 Å². The van der Waals surface area contributed by atoms with E-state index in [0.29, 0.717) is 5.82 Å². The Morgan fingerprint density at radius 1 is 1.39 bits per heavy atom. The van der Waals surface area contributed by atoms with Crippen LogP contribution in [0.2, 0.25) is 0 Å². The van der Waals surface area contributed by atoms with Crippen molar-refractivity contribution in [2.24, 2.45) is 7.05 Å². The van der Waals surface area contributed by atoms with Gasteiger partial charge in [0, 0.05) is 19.0 Å². The molecule has 0 aliphatic heterocycles. The van der Waals surface area contributed by atoms with Crippen molar-refractivity contribution in [3.8, 4) is 17.0 Å². The molecule has 1 aromatic heterocycles. The van der Waals surface area contributed by atoms with Crippen LogP contribution in [0, 0.1) is 6.92 Å². The molecule has 2 N–H and O–H groups in total. The van der Waals surface area contributed by atoms with E-state index in [4.69, 9.17) is 10.5 Å². The Labute approximate surface area is 107 Å². The second-order valence-electron chi connectivity index (χ2n) is 4.36. The summed E-state index contributed by atoms with van der Waals surface area (Å²) < 4.78 is 7.20. The van der Waals surface area contributed by atoms with Gasteiger partial charge in [0.25, 0.3) is 0 Å². The summed E-state index contributed by atoms with van der Waals surface area (Å²) in [5.74, 6) is 2.58. The van der Waals surface area contributed by atoms with Gasteiger partial charge in [0.15, 0.2) is 0 Å². The highest BCUT2D eigenvalue weighted by Crippen LogP contribution is 2.29. The lowest BCUT2D eigenvalue weighted by molar-refractivity contribution is 0.412. The van der Waals surface area contributed by atoms with E-state index < -0.39 is 0 Å². The highest BCUT2D eigenvalue weighted by molar-refractivity contribution is 5.72. The minimum absolute atomic E-state index is 0.705. The van der Waals surface area contributed by atoms with Crippen LogP contribution < -0.4 is 10.5 Å². The highest BCUT2D eigenvalue weighted by atomic mass is 16.5. The minimum atomic E-state index is 0.705. The summed E-state index contributed by atoms with van der Waals surface area (Å²) in [4.78, 5) is 4.59. The maximum atomic E-state index is 6.10. The Kier molecular flexibility index (Phi) is 3.28. The largest absolute Gasteiger partial charge is 0.496 e. The second-order valence-corrected chi connectivity index (χ2v) is 4.36. The van der Waals surface area contributed by atoms with E-state index in [0.717, 1.165) is 34.8 Å². The number of nitrogens with zero attached hydrogens (tertiary/aromatic N) is 2. The van der Waals surface area contributed by atoms with Crippen LogP contribution in [0.4, 0.5) is 5.82 Å². The van der Waals surface area contributed by atoms with E-state index in [1.54, 1.807) is 7.11 Å². The molecule has 0 unspecified atom stereocenters. The van der Waals surface area contributed by atoms with Crippen molar-refractivity contribution in [2.45, 2.75) is 20.3 Å². The van der Waals surface area contributed by atoms with Crippen LogP contribution in [0.5, 0.6) is 5.75 Å². The number of anilines is 1. The van der Waals surface area contributed by atoms with Gasteiger partial charge in [-0.15, -0.1) is 0 Å². The molecule has 0 atom stereocenters. The molecule has 96 valence electrons. The fourth-order valence-corrected chi connectivity index (χ4v) is 2.11. The van der Waals surface area contributed by atoms with Crippen LogP contribution in [0.1, 0.15) is 18.3 Å². The molecule has 1 aromatic carbocycles. The van der Waals surface area contributed by atoms with Crippen LogP contribution >= 0.6 is 0 Å². The predicted octanol–water partition coefficient (Wildman–Crippen LogP) is 2.55. The van der Waals surface area contributed by atoms with Gasteiger partial charge in [-0.05, 0) is 30.7 Å². The van der Waals surface area contributed by atoms with Crippen molar-refractivity contribution >= 4 is 5.82 Å². The van der Waals surface area contributed by atoms with Gasteiger partial charge in [-0.2, -0.15) is 0 Å². The molecule has 0 saturated heterocycles. The standard InChI is InChI=1S/C14H19N3O/c1-5-12-16-13(14(15)17(12)3)10-6-7-11(18-4)9(2)8-10/h6-8H,5,15H2,1-4H3. The first-order chi connectivity index (χ1) is 8.58. The Hall–Kier alpha value is -1.97. The van der Waals surface area contributed by atoms with Gasteiger partial charge in [0.2, 0.25) is 0 Å². The van der Waals surface area contributed by atoms with E-state index >= 15 is 0 Å². The van der Waals surface area contributed by atoms with E-state index in [-0.39, 0.29) is 0 Å². The summed E-state index contributed by atoms with van der Waals surface area (Å²) in [7, 11) is 3.62. The lowest BCUT2D eigenvalue weighted by atomic mass is 10.1. The lowest BCUT2D eigenvalue weighted by Gasteiger charge is -2.06. The Morgan fingerprint density at radius 3 is 2.61 bits per heavy atom. The molecule has 0 bridgehead atoms. The van der Waals surface area contributed by atoms with Crippen molar-refractivity contribution in [3.63, 3.8) is 0 Å². The Bertz CT molecular complexity index is 573. The van der Waals surface area contributed by atoms with Crippen LogP contribution in [-0.4, -0.2) is 16.7 Å². The number of nitrogen functional groups attached to an aromatic ring is 1. The van der Waals surface area contributed by atoms with E-state index in [2.05, 4.69) is 18.0 Å². The summed E-state index contributed by atoms with van der Waals surface area (Å²) in [5.41, 5.74) is 9.06. The predicted molar refractivity (Wildman–Crippen MR) is 73.7 cm³/mol. The number of nitrogens with two attached hydrogens (primary N) is 1. The molecule has 18 heavy (non-hydrogen) atoms. The lowest BCUT2D eigenvalue weighted by Crippen LogP contribution is -2.00. The van der Waals surface area contributed by atoms with Gasteiger partial charge < -0.3 is 15.0 Å². The number of benzene rings is 1. The van der Waals surface area contributed by atoms with Gasteiger partial charge in [-0.1, -0.05) is 6.92 Å². The maximum Gasteiger partial charge on any atom is 0.131 e. The molecule has 0 aliphatic carbocycles. The average molecular weight is 245 g/mol. The monoisotopic (exact) mass is 245 g/mol. The molecule has 0 fully saturated rings. The van der Waals surface area contributed by atoms with Gasteiger partial charge in [0.05, 0.1) is 7.11 Å². The normalized spacial score (nSPS) is 10.7. The molecule has 4 heteroatoms. The molecule has 0 aliphatic rings. The Morgan fingerprint density at radius 2 is 2.11 bits per heavy atom. The zero-order chi connectivity index (χ0) is 13.3. The van der Waals surface area contributed by atoms with Crippen LogP contribution in [-0.2, 0) is 13.5 Å². The smallest absolute Gasteiger partial charge is 0.131 e. The number of aryl methyl sites for hydroxylation is 2. The molecule has 4 nitrogen and oxygen atoms in total. The first kappa shape index (κ1) is 12.5. The number of imidazole rings is 1. The first-order valence-corrected chi connectivity index (χ1v) is 6.04. The molecule has 0 saturated carbocycles. The van der Waals surface area contributed by atoms with Crippen LogP contribution in [0.25, 0.3) is 11.3 Å². The third-order valence-electron chi connectivity index (χ3n) is 3.22. The summed E-state index contributed by atoms with van der Waals surface area (Å²) >= 11 is 0. The average Bonchev–Trinajstić information content (AvgIpc) is 2.66. The second kappa shape index (κ2) is 4.72. The Balaban J connectivity index is 2.52. The summed E-state index contributed by atoms with van der Waals surface area (Å²) in [5, 5.41) is 0. The highest BCUT2D eigenvalue weighted by Gasteiger charge is 2.13. The number of rotatable bonds is 3. The van der Waals surface area contributed by atoms with Crippen molar-refractivity contribution in [1.29, 1.82) is 0 Å². The number of aromatic nitrogens is 2. The van der Waals surface area contributed by atoms with Crippen molar-refractivity contribution in [2.75, 3.05) is 12.8 Å². The third-order valence-corrected chi connectivity index (χ3v) is 3.22. The molecule has 0 spiro atoms. The number of hydrogen-bond donors (Lipinski definition) is 1. The third kappa shape index (κ3) is 1.94. The molecular formula is C14H19N3O. The zero-order valence-electron chi connectivity index (χ0n) is 11.3. The molecule has 0 amide bonds. The quantitative estimate of drug-likeness (QED) is 0.904. The fourth-order valence-electron chi connectivity index (χ4n) is 2.11. The summed E-state index contributed by atoms with van der Waals surface area (Å²) in [6.45, 7) is 4.09. The van der Waals surface area contributed by atoms with Crippen molar-refractivity contribution in [3.05, 3.63) is 29.6 Å². The van der Waals surface area contributed by atoms with Crippen LogP contribution in [0.3, 0.4) is 0 Å². The van der Waals surface area contributed by atoms with E-state index in [1.165, 1.54) is 0 Å². The van der Waals surface area contributed by atoms with Gasteiger partial charge in [0.1, 0.15) is 23.1 Å². The van der Waals surface area contributed by atoms with Crippen molar-refractivity contribution < 1.29 is 4.74 Å². The summed E-state index contributed by atoms with van der Waals surface area (Å²) in [6, 6.07) is 5.99. The van der Waals surface area contributed by atoms with E-state index in [1.807, 2.05) is 30.7 Å². The summed E-state index contributed by atoms with van der Waals surface area (Å²) in [6.07, 6.45) is 0.871. The number of ether oxygens (including phenoxy) is 1. The fraction of sp³-hybridized carbons (Fsp3) is 0.357. The molecular weight excluding hydrogens is 226 g/mol. The number of methoxy groups -OCH3 is 1. The molecule has 0 radical (unpaired) electrons. The zero-order valence-corrected chi connectivity index (χ0v) is 11.3. The van der Waals surface area contributed by atoms with Gasteiger partial charge >= 0.3 is 0 Å². The SMILES string of the molecule is CCc1nc(-c2ccc(OC)c(C)c2)c(N)n1C. The minimum Gasteiger partial charge on any atom is -0.496 e. The first-order valence-electron chi connectivity index (χ1n) is 6.04. The molecule has 2 rings (SSSR count). The van der Waals surface area contributed by atoms with Crippen molar-refractivity contribution in [1.82, 2.24) is 9.55 Å². The maximum absolute atomic E-state index is 6.10. The van der Waals surface area contributed by atoms with Crippen LogP contribution in [0.15, 0.2) is 18.2 Å². The molecule has 2 aromatic rings. The van der Waals surface area contributed by atoms with E-state index in [9.17, 15) is 0 Å².